The molecule has 0 spiro atoms. The number of nitrogens with one attached hydrogen (secondary N) is 1. The molecule has 0 unspecified atom stereocenters. The number of carbonyl (C=O) groups excluding carboxylic acids is 1. The van der Waals surface area contributed by atoms with Crippen molar-refractivity contribution in [2.75, 3.05) is 6.61 Å². The van der Waals surface area contributed by atoms with Crippen molar-refractivity contribution in [3.8, 4) is 17.1 Å². The highest BCUT2D eigenvalue weighted by atomic mass is 19.1. The zero-order valence-corrected chi connectivity index (χ0v) is 17.2. The highest BCUT2D eigenvalue weighted by Gasteiger charge is 2.34. The Morgan fingerprint density at radius 3 is 2.74 bits per heavy atom. The van der Waals surface area contributed by atoms with Crippen LogP contribution in [0.1, 0.15) is 37.6 Å². The lowest BCUT2D eigenvalue weighted by molar-refractivity contribution is -0.124. The zero-order valence-electron chi connectivity index (χ0n) is 17.2. The number of fused-ring (bicyclic) bond motifs is 1. The van der Waals surface area contributed by atoms with Crippen LogP contribution in [0.4, 0.5) is 8.78 Å². The van der Waals surface area contributed by atoms with Gasteiger partial charge in [0.2, 0.25) is 0 Å². The summed E-state index contributed by atoms with van der Waals surface area (Å²) in [4.78, 5) is 25.7. The Bertz CT molecular complexity index is 1110. The van der Waals surface area contributed by atoms with E-state index in [2.05, 4.69) is 29.1 Å². The lowest BCUT2D eigenvalue weighted by atomic mass is 9.74. The van der Waals surface area contributed by atoms with E-state index in [0.29, 0.717) is 18.3 Å². The molecule has 0 fully saturated rings. The number of rotatable bonds is 5. The van der Waals surface area contributed by atoms with E-state index in [1.165, 1.54) is 0 Å². The molecule has 8 heteroatoms. The van der Waals surface area contributed by atoms with Crippen molar-refractivity contribution in [3.63, 3.8) is 0 Å². The van der Waals surface area contributed by atoms with E-state index in [4.69, 9.17) is 9.72 Å². The monoisotopic (exact) mass is 424 g/mol. The smallest absolute Gasteiger partial charge is 0.258 e. The van der Waals surface area contributed by atoms with E-state index >= 15 is 0 Å². The van der Waals surface area contributed by atoms with Crippen molar-refractivity contribution >= 4 is 5.91 Å². The Morgan fingerprint density at radius 1 is 1.23 bits per heavy atom. The topological polar surface area (TPSA) is 77.0 Å². The van der Waals surface area contributed by atoms with Crippen LogP contribution in [0.3, 0.4) is 0 Å². The summed E-state index contributed by atoms with van der Waals surface area (Å²) in [6, 6.07) is 6.35. The summed E-state index contributed by atoms with van der Waals surface area (Å²) in [5, 5.41) is 2.94. The van der Waals surface area contributed by atoms with Crippen molar-refractivity contribution in [3.05, 3.63) is 71.8 Å². The third-order valence-electron chi connectivity index (χ3n) is 5.20. The molecule has 4 rings (SSSR count). The molecule has 2 heterocycles. The number of hydrogen-bond acceptors (Lipinski definition) is 5. The average Bonchev–Trinajstić information content (AvgIpc) is 2.72. The molecule has 0 bridgehead atoms. The van der Waals surface area contributed by atoms with E-state index in [-0.39, 0.29) is 23.8 Å². The molecule has 0 aliphatic heterocycles. The van der Waals surface area contributed by atoms with Gasteiger partial charge in [0.15, 0.2) is 24.0 Å². The largest absolute Gasteiger partial charge is 0.481 e. The Hall–Kier alpha value is -3.42. The third kappa shape index (κ3) is 4.84. The number of aromatic nitrogens is 3. The lowest BCUT2D eigenvalue weighted by Gasteiger charge is -2.36. The maximum atomic E-state index is 13.7. The van der Waals surface area contributed by atoms with Gasteiger partial charge in [-0.1, -0.05) is 13.8 Å². The molecule has 6 nitrogen and oxygen atoms in total. The number of nitrogens with zero attached hydrogens (tertiary/aromatic N) is 3. The molecule has 1 aromatic carbocycles. The molecule has 0 radical (unpaired) electrons. The van der Waals surface area contributed by atoms with Gasteiger partial charge in [-0.05, 0) is 42.5 Å². The third-order valence-corrected chi connectivity index (χ3v) is 5.20. The van der Waals surface area contributed by atoms with Crippen molar-refractivity contribution in [2.45, 2.75) is 32.7 Å². The van der Waals surface area contributed by atoms with Crippen LogP contribution in [0.15, 0.2) is 48.9 Å². The molecule has 3 aromatic rings. The molecule has 0 saturated carbocycles. The summed E-state index contributed by atoms with van der Waals surface area (Å²) in [5.74, 6) is -1.53. The SMILES string of the molecule is CC1(C)Cc2nc(-c3ccncc3)ncc2[C@H](NC(=O)COc2ccc(F)cc2F)C1. The number of carbonyl (C=O) groups is 1. The first kappa shape index (κ1) is 20.8. The van der Waals surface area contributed by atoms with Gasteiger partial charge in [-0.2, -0.15) is 0 Å². The number of hydrogen-bond donors (Lipinski definition) is 1. The van der Waals surface area contributed by atoms with Gasteiger partial charge >= 0.3 is 0 Å². The fraction of sp³-hybridized carbons (Fsp3) is 0.304. The Balaban J connectivity index is 1.50. The van der Waals surface area contributed by atoms with Crippen LogP contribution in [-0.4, -0.2) is 27.5 Å². The lowest BCUT2D eigenvalue weighted by Crippen LogP contribution is -2.39. The summed E-state index contributed by atoms with van der Waals surface area (Å²) in [5.41, 5.74) is 2.53. The summed E-state index contributed by atoms with van der Waals surface area (Å²) < 4.78 is 32.0. The van der Waals surface area contributed by atoms with Crippen LogP contribution in [0.5, 0.6) is 5.75 Å². The van der Waals surface area contributed by atoms with Gasteiger partial charge in [0.25, 0.3) is 5.91 Å². The minimum Gasteiger partial charge on any atom is -0.481 e. The highest BCUT2D eigenvalue weighted by molar-refractivity contribution is 5.78. The Morgan fingerprint density at radius 2 is 2.00 bits per heavy atom. The minimum absolute atomic E-state index is 0.0846. The summed E-state index contributed by atoms with van der Waals surface area (Å²) >= 11 is 0. The first-order chi connectivity index (χ1) is 14.8. The second-order valence-corrected chi connectivity index (χ2v) is 8.36. The van der Waals surface area contributed by atoms with Crippen molar-refractivity contribution in [2.24, 2.45) is 5.41 Å². The van der Waals surface area contributed by atoms with Crippen molar-refractivity contribution < 1.29 is 18.3 Å². The fourth-order valence-corrected chi connectivity index (χ4v) is 3.79. The molecule has 31 heavy (non-hydrogen) atoms. The molecule has 1 amide bonds. The van der Waals surface area contributed by atoms with E-state index in [9.17, 15) is 13.6 Å². The van der Waals surface area contributed by atoms with Gasteiger partial charge in [-0.3, -0.25) is 9.78 Å². The molecule has 0 saturated heterocycles. The normalized spacial score (nSPS) is 17.0. The van der Waals surface area contributed by atoms with Gasteiger partial charge in [-0.25, -0.2) is 18.7 Å². The van der Waals surface area contributed by atoms with Crippen LogP contribution >= 0.6 is 0 Å². The van der Waals surface area contributed by atoms with Crippen molar-refractivity contribution in [1.29, 1.82) is 0 Å². The maximum absolute atomic E-state index is 13.7. The molecule has 1 N–H and O–H groups in total. The van der Waals surface area contributed by atoms with Gasteiger partial charge in [-0.15, -0.1) is 0 Å². The molecule has 1 aliphatic rings. The van der Waals surface area contributed by atoms with Crippen LogP contribution < -0.4 is 10.1 Å². The fourth-order valence-electron chi connectivity index (χ4n) is 3.79. The van der Waals surface area contributed by atoms with Crippen molar-refractivity contribution in [1.82, 2.24) is 20.3 Å². The van der Waals surface area contributed by atoms with Crippen LogP contribution in [0.2, 0.25) is 0 Å². The maximum Gasteiger partial charge on any atom is 0.258 e. The van der Waals surface area contributed by atoms with E-state index in [0.717, 1.165) is 35.4 Å². The predicted octanol–water partition coefficient (Wildman–Crippen LogP) is 4.03. The molecular weight excluding hydrogens is 402 g/mol. The summed E-state index contributed by atoms with van der Waals surface area (Å²) in [7, 11) is 0. The Kier molecular flexibility index (Phi) is 5.63. The van der Waals surface area contributed by atoms with Gasteiger partial charge < -0.3 is 10.1 Å². The second kappa shape index (κ2) is 8.37. The second-order valence-electron chi connectivity index (χ2n) is 8.36. The quantitative estimate of drug-likeness (QED) is 0.669. The summed E-state index contributed by atoms with van der Waals surface area (Å²) in [6.07, 6.45) is 6.59. The number of ether oxygens (including phenoxy) is 1. The van der Waals surface area contributed by atoms with Crippen LogP contribution in [0, 0.1) is 17.0 Å². The first-order valence-electron chi connectivity index (χ1n) is 9.94. The zero-order chi connectivity index (χ0) is 22.0. The van der Waals surface area contributed by atoms with Crippen LogP contribution in [0.25, 0.3) is 11.4 Å². The van der Waals surface area contributed by atoms with Gasteiger partial charge in [0.05, 0.1) is 11.7 Å². The van der Waals surface area contributed by atoms with E-state index in [1.54, 1.807) is 18.6 Å². The summed E-state index contributed by atoms with van der Waals surface area (Å²) in [6.45, 7) is 3.85. The number of benzene rings is 1. The molecule has 160 valence electrons. The molecular formula is C23H22F2N4O2. The molecule has 1 atom stereocenters. The first-order valence-corrected chi connectivity index (χ1v) is 9.94. The Labute approximate surface area is 178 Å². The van der Waals surface area contributed by atoms with Crippen LogP contribution in [-0.2, 0) is 11.2 Å². The predicted molar refractivity (Wildman–Crippen MR) is 110 cm³/mol. The standard InChI is InChI=1S/C23H22F2N4O2/c1-23(2)10-18(28-21(30)13-31-20-4-3-15(24)9-17(20)25)16-12-27-22(29-19(16)11-23)14-5-7-26-8-6-14/h3-9,12,18H,10-11,13H2,1-2H3,(H,28,30)/t18-/m1/s1. The minimum atomic E-state index is -0.853. The average molecular weight is 424 g/mol. The molecule has 1 aliphatic carbocycles. The highest BCUT2D eigenvalue weighted by Crippen LogP contribution is 2.40. The van der Waals surface area contributed by atoms with Gasteiger partial charge in [0, 0.05) is 35.8 Å². The van der Waals surface area contributed by atoms with E-state index < -0.39 is 17.5 Å². The van der Waals surface area contributed by atoms with Gasteiger partial charge in [0.1, 0.15) is 5.82 Å². The van der Waals surface area contributed by atoms with E-state index in [1.807, 2.05) is 12.1 Å². The number of amides is 1. The molecule has 2 aromatic heterocycles. The number of pyridine rings is 1. The number of halogens is 2.